The van der Waals surface area contributed by atoms with Gasteiger partial charge >= 0.3 is 0 Å². The fraction of sp³-hybridized carbons (Fsp3) is 0.167. The molecule has 0 atom stereocenters. The van der Waals surface area contributed by atoms with Crippen molar-refractivity contribution in [3.63, 3.8) is 0 Å². The summed E-state index contributed by atoms with van der Waals surface area (Å²) in [5, 5.41) is 9.20. The molecule has 0 fully saturated rings. The van der Waals surface area contributed by atoms with Gasteiger partial charge in [-0.3, -0.25) is 9.59 Å². The third-order valence-corrected chi connectivity index (χ3v) is 4.32. The van der Waals surface area contributed by atoms with Crippen LogP contribution in [-0.4, -0.2) is 15.7 Å². The molecule has 114 valence electrons. The van der Waals surface area contributed by atoms with Gasteiger partial charge in [-0.15, -0.1) is 0 Å². The van der Waals surface area contributed by atoms with Crippen LogP contribution < -0.4 is 10.9 Å². The highest BCUT2D eigenvalue weighted by Crippen LogP contribution is 2.35. The molecule has 4 rings (SSSR count). The summed E-state index contributed by atoms with van der Waals surface area (Å²) in [4.78, 5) is 23.8. The second-order valence-corrected chi connectivity index (χ2v) is 5.75. The Bertz CT molecular complexity index is 995. The Morgan fingerprint density at radius 2 is 1.87 bits per heavy atom. The van der Waals surface area contributed by atoms with E-state index in [0.29, 0.717) is 0 Å². The van der Waals surface area contributed by atoms with Gasteiger partial charge in [-0.25, -0.2) is 4.68 Å². The molecule has 3 aromatic rings. The van der Waals surface area contributed by atoms with Crippen LogP contribution >= 0.6 is 0 Å². The second kappa shape index (κ2) is 5.05. The summed E-state index contributed by atoms with van der Waals surface area (Å²) in [6.07, 6.45) is 2.10. The van der Waals surface area contributed by atoms with Crippen LogP contribution in [0.2, 0.25) is 0 Å². The van der Waals surface area contributed by atoms with Crippen LogP contribution in [0.4, 0.5) is 5.69 Å². The number of rotatable bonds is 2. The quantitative estimate of drug-likeness (QED) is 0.790. The molecule has 1 aliphatic rings. The predicted octanol–water partition coefficient (Wildman–Crippen LogP) is 2.28. The number of benzene rings is 2. The molecule has 1 amide bonds. The molecular weight excluding hydrogens is 290 g/mol. The van der Waals surface area contributed by atoms with Crippen molar-refractivity contribution in [1.82, 2.24) is 9.78 Å². The van der Waals surface area contributed by atoms with Crippen molar-refractivity contribution in [3.8, 4) is 0 Å². The van der Waals surface area contributed by atoms with Crippen LogP contribution in [0.15, 0.2) is 47.3 Å². The SMILES string of the molecule is Cn1nc(C(=O)Nc2ccc3c4c(cccc24)CC3)ccc1=O. The molecule has 23 heavy (non-hydrogen) atoms. The number of nitrogens with zero attached hydrogens (tertiary/aromatic N) is 2. The molecule has 1 aromatic heterocycles. The third kappa shape index (κ3) is 2.21. The highest BCUT2D eigenvalue weighted by atomic mass is 16.2. The minimum atomic E-state index is -0.320. The molecule has 0 saturated carbocycles. The molecule has 0 aliphatic heterocycles. The highest BCUT2D eigenvalue weighted by molar-refractivity contribution is 6.09. The van der Waals surface area contributed by atoms with Gasteiger partial charge in [0.15, 0.2) is 0 Å². The molecule has 0 bridgehead atoms. The van der Waals surface area contributed by atoms with Gasteiger partial charge in [0.1, 0.15) is 5.69 Å². The number of nitrogens with one attached hydrogen (secondary N) is 1. The lowest BCUT2D eigenvalue weighted by atomic mass is 10.0. The Labute approximate surface area is 132 Å². The Morgan fingerprint density at radius 1 is 1.09 bits per heavy atom. The largest absolute Gasteiger partial charge is 0.320 e. The van der Waals surface area contributed by atoms with Gasteiger partial charge < -0.3 is 5.32 Å². The van der Waals surface area contributed by atoms with E-state index in [1.807, 2.05) is 18.2 Å². The number of anilines is 1. The lowest BCUT2D eigenvalue weighted by Crippen LogP contribution is -2.23. The summed E-state index contributed by atoms with van der Waals surface area (Å²) >= 11 is 0. The van der Waals surface area contributed by atoms with Crippen LogP contribution in [0, 0.1) is 0 Å². The van der Waals surface area contributed by atoms with E-state index in [1.54, 1.807) is 0 Å². The summed E-state index contributed by atoms with van der Waals surface area (Å²) in [7, 11) is 1.53. The van der Waals surface area contributed by atoms with E-state index in [4.69, 9.17) is 0 Å². The maximum Gasteiger partial charge on any atom is 0.276 e. The number of hydrogen-bond acceptors (Lipinski definition) is 3. The fourth-order valence-electron chi connectivity index (χ4n) is 3.17. The van der Waals surface area contributed by atoms with Crippen LogP contribution in [0.1, 0.15) is 21.6 Å². The number of carbonyl (C=O) groups is 1. The van der Waals surface area contributed by atoms with Gasteiger partial charge in [-0.2, -0.15) is 5.10 Å². The minimum absolute atomic E-state index is 0.218. The van der Waals surface area contributed by atoms with Gasteiger partial charge in [-0.05, 0) is 41.5 Å². The van der Waals surface area contributed by atoms with Crippen LogP contribution in [-0.2, 0) is 19.9 Å². The number of hydrogen-bond donors (Lipinski definition) is 1. The fourth-order valence-corrected chi connectivity index (χ4v) is 3.17. The number of aromatic nitrogens is 2. The Hall–Kier alpha value is -2.95. The summed E-state index contributed by atoms with van der Waals surface area (Å²) in [6, 6.07) is 13.0. The molecule has 1 heterocycles. The topological polar surface area (TPSA) is 64.0 Å². The van der Waals surface area contributed by atoms with Crippen molar-refractivity contribution in [2.24, 2.45) is 7.05 Å². The average Bonchev–Trinajstić information content (AvgIpc) is 2.97. The molecule has 2 aromatic carbocycles. The van der Waals surface area contributed by atoms with Gasteiger partial charge in [0.05, 0.1) is 0 Å². The first-order valence-electron chi connectivity index (χ1n) is 7.53. The molecular formula is C18H15N3O2. The average molecular weight is 305 g/mol. The van der Waals surface area contributed by atoms with Gasteiger partial charge in [0, 0.05) is 24.2 Å². The molecule has 5 nitrogen and oxygen atoms in total. The lowest BCUT2D eigenvalue weighted by molar-refractivity contribution is 0.102. The van der Waals surface area contributed by atoms with Crippen molar-refractivity contribution in [2.75, 3.05) is 5.32 Å². The second-order valence-electron chi connectivity index (χ2n) is 5.75. The highest BCUT2D eigenvalue weighted by Gasteiger charge is 2.17. The van der Waals surface area contributed by atoms with Crippen molar-refractivity contribution < 1.29 is 4.79 Å². The minimum Gasteiger partial charge on any atom is -0.320 e. The van der Waals surface area contributed by atoms with Crippen molar-refractivity contribution in [3.05, 3.63) is 69.6 Å². The van der Waals surface area contributed by atoms with E-state index in [-0.39, 0.29) is 17.2 Å². The molecule has 1 N–H and O–H groups in total. The van der Waals surface area contributed by atoms with E-state index >= 15 is 0 Å². The zero-order chi connectivity index (χ0) is 16.0. The maximum absolute atomic E-state index is 12.4. The summed E-state index contributed by atoms with van der Waals surface area (Å²) in [5.41, 5.74) is 3.40. The van der Waals surface area contributed by atoms with Crippen LogP contribution in [0.5, 0.6) is 0 Å². The lowest BCUT2D eigenvalue weighted by Gasteiger charge is -2.10. The molecule has 0 spiro atoms. The summed E-state index contributed by atoms with van der Waals surface area (Å²) in [6.45, 7) is 0. The van der Waals surface area contributed by atoms with Crippen LogP contribution in [0.25, 0.3) is 10.8 Å². The first-order chi connectivity index (χ1) is 11.1. The standard InChI is InChI=1S/C18H15N3O2/c1-21-16(22)10-9-15(20-21)18(23)19-14-8-7-12-6-5-11-3-2-4-13(14)17(11)12/h2-4,7-10H,5-6H2,1H3,(H,19,23). The normalized spacial score (nSPS) is 12.6. The van der Waals surface area contributed by atoms with E-state index in [2.05, 4.69) is 22.5 Å². The maximum atomic E-state index is 12.4. The van der Waals surface area contributed by atoms with Gasteiger partial charge in [-0.1, -0.05) is 24.3 Å². The molecule has 0 radical (unpaired) electrons. The third-order valence-electron chi connectivity index (χ3n) is 4.32. The number of aryl methyl sites for hydroxylation is 3. The number of carbonyl (C=O) groups excluding carboxylic acids is 1. The Morgan fingerprint density at radius 3 is 2.65 bits per heavy atom. The smallest absolute Gasteiger partial charge is 0.276 e. The van der Waals surface area contributed by atoms with Crippen LogP contribution in [0.3, 0.4) is 0 Å². The van der Waals surface area contributed by atoms with Gasteiger partial charge in [0.2, 0.25) is 0 Å². The zero-order valence-electron chi connectivity index (χ0n) is 12.7. The van der Waals surface area contributed by atoms with E-state index in [1.165, 1.54) is 35.7 Å². The van der Waals surface area contributed by atoms with E-state index < -0.39 is 0 Å². The summed E-state index contributed by atoms with van der Waals surface area (Å²) < 4.78 is 1.16. The molecule has 5 heteroatoms. The predicted molar refractivity (Wildman–Crippen MR) is 88.8 cm³/mol. The monoisotopic (exact) mass is 305 g/mol. The molecule has 0 unspecified atom stereocenters. The van der Waals surface area contributed by atoms with Crippen molar-refractivity contribution in [1.29, 1.82) is 0 Å². The Kier molecular flexibility index (Phi) is 3.01. The first-order valence-corrected chi connectivity index (χ1v) is 7.53. The summed E-state index contributed by atoms with van der Waals surface area (Å²) in [5.74, 6) is -0.320. The Balaban J connectivity index is 1.75. The zero-order valence-corrected chi connectivity index (χ0v) is 12.7. The van der Waals surface area contributed by atoms with E-state index in [9.17, 15) is 9.59 Å². The van der Waals surface area contributed by atoms with E-state index in [0.717, 1.165) is 28.6 Å². The molecule has 0 saturated heterocycles. The molecule has 1 aliphatic carbocycles. The number of amides is 1. The first kappa shape index (κ1) is 13.7. The van der Waals surface area contributed by atoms with Crippen molar-refractivity contribution >= 4 is 22.4 Å². The van der Waals surface area contributed by atoms with Gasteiger partial charge in [0.25, 0.3) is 11.5 Å². The van der Waals surface area contributed by atoms with Crippen molar-refractivity contribution in [2.45, 2.75) is 12.8 Å².